The number of hydrogen-bond acceptors (Lipinski definition) is 4. The van der Waals surface area contributed by atoms with E-state index < -0.39 is 0 Å². The summed E-state index contributed by atoms with van der Waals surface area (Å²) in [5, 5.41) is 9.22. The van der Waals surface area contributed by atoms with E-state index in [0.29, 0.717) is 22.0 Å². The Balaban J connectivity index is 2.55. The van der Waals surface area contributed by atoms with Gasteiger partial charge in [0.15, 0.2) is 0 Å². The van der Waals surface area contributed by atoms with Crippen LogP contribution < -0.4 is 5.73 Å². The highest BCUT2D eigenvalue weighted by Gasteiger charge is 2.08. The van der Waals surface area contributed by atoms with E-state index in [1.165, 1.54) is 0 Å². The van der Waals surface area contributed by atoms with Crippen molar-refractivity contribution in [2.45, 2.75) is 0 Å². The molecule has 0 amide bonds. The Morgan fingerprint density at radius 1 is 1.31 bits per heavy atom. The van der Waals surface area contributed by atoms with E-state index in [2.05, 4.69) is 9.97 Å². The summed E-state index contributed by atoms with van der Waals surface area (Å²) in [7, 11) is 0. The van der Waals surface area contributed by atoms with Crippen LogP contribution in [0.4, 0.5) is 5.82 Å². The molecule has 78 valence electrons. The van der Waals surface area contributed by atoms with Crippen molar-refractivity contribution in [3.63, 3.8) is 0 Å². The number of nitriles is 1. The molecular weight excluding hydrogens is 224 g/mol. The molecule has 4 nitrogen and oxygen atoms in total. The highest BCUT2D eigenvalue weighted by molar-refractivity contribution is 6.32. The van der Waals surface area contributed by atoms with E-state index in [1.54, 1.807) is 30.5 Å². The number of rotatable bonds is 1. The number of halogens is 1. The molecule has 0 unspecified atom stereocenters. The van der Waals surface area contributed by atoms with Gasteiger partial charge in [0.05, 0.1) is 16.3 Å². The van der Waals surface area contributed by atoms with Gasteiger partial charge in [-0.2, -0.15) is 5.26 Å². The van der Waals surface area contributed by atoms with E-state index in [1.807, 2.05) is 6.07 Å². The summed E-state index contributed by atoms with van der Waals surface area (Å²) in [6.45, 7) is 0. The minimum atomic E-state index is 0.182. The summed E-state index contributed by atoms with van der Waals surface area (Å²) in [5.74, 6) is 0.182. The van der Waals surface area contributed by atoms with Crippen molar-refractivity contribution in [3.8, 4) is 17.5 Å². The Kier molecular flexibility index (Phi) is 2.71. The van der Waals surface area contributed by atoms with Gasteiger partial charge in [0.2, 0.25) is 0 Å². The summed E-state index contributed by atoms with van der Waals surface area (Å²) in [4.78, 5) is 8.20. The van der Waals surface area contributed by atoms with Crippen LogP contribution in [0.25, 0.3) is 11.4 Å². The second-order valence-electron chi connectivity index (χ2n) is 3.07. The fraction of sp³-hybridized carbons (Fsp3) is 0. The quantitative estimate of drug-likeness (QED) is 0.815. The van der Waals surface area contributed by atoms with Crippen molar-refractivity contribution in [2.24, 2.45) is 0 Å². The van der Waals surface area contributed by atoms with E-state index in [0.717, 1.165) is 0 Å². The summed E-state index contributed by atoms with van der Waals surface area (Å²) in [6.07, 6.45) is 1.62. The van der Waals surface area contributed by atoms with Crippen molar-refractivity contribution in [1.29, 1.82) is 5.26 Å². The zero-order valence-corrected chi connectivity index (χ0v) is 8.94. The lowest BCUT2D eigenvalue weighted by Crippen LogP contribution is -1.97. The molecular formula is C11H7ClN4. The molecule has 0 atom stereocenters. The van der Waals surface area contributed by atoms with E-state index in [9.17, 15) is 0 Å². The van der Waals surface area contributed by atoms with Crippen LogP contribution in [0.15, 0.2) is 30.5 Å². The summed E-state index contributed by atoms with van der Waals surface area (Å²) in [5.41, 5.74) is 7.07. The topological polar surface area (TPSA) is 75.6 Å². The largest absolute Gasteiger partial charge is 0.383 e. The fourth-order valence-electron chi connectivity index (χ4n) is 1.28. The minimum Gasteiger partial charge on any atom is -0.383 e. The van der Waals surface area contributed by atoms with Crippen LogP contribution in [0.2, 0.25) is 5.02 Å². The Labute approximate surface area is 97.3 Å². The highest BCUT2D eigenvalue weighted by atomic mass is 35.5. The molecule has 0 bridgehead atoms. The first-order chi connectivity index (χ1) is 7.72. The van der Waals surface area contributed by atoms with Crippen molar-refractivity contribution in [2.75, 3.05) is 5.73 Å². The molecule has 2 aromatic rings. The lowest BCUT2D eigenvalue weighted by molar-refractivity contribution is 1.24. The second-order valence-corrected chi connectivity index (χ2v) is 3.48. The Bertz CT molecular complexity index is 574. The Morgan fingerprint density at radius 2 is 2.12 bits per heavy atom. The van der Waals surface area contributed by atoms with Crippen molar-refractivity contribution in [3.05, 3.63) is 41.0 Å². The Hall–Kier alpha value is -2.12. The highest BCUT2D eigenvalue weighted by Crippen LogP contribution is 2.24. The summed E-state index contributed by atoms with van der Waals surface area (Å²) < 4.78 is 0. The number of hydrogen-bond donors (Lipinski definition) is 1. The molecule has 2 N–H and O–H groups in total. The first kappa shape index (κ1) is 10.4. The molecule has 0 fully saturated rings. The number of aromatic nitrogens is 2. The minimum absolute atomic E-state index is 0.182. The third-order valence-corrected chi connectivity index (χ3v) is 2.35. The van der Waals surface area contributed by atoms with E-state index in [-0.39, 0.29) is 5.82 Å². The maximum Gasteiger partial charge on any atom is 0.142 e. The van der Waals surface area contributed by atoms with Crippen LogP contribution in [0, 0.1) is 11.3 Å². The van der Waals surface area contributed by atoms with Gasteiger partial charge in [-0.25, -0.2) is 4.98 Å². The SMILES string of the molecule is N#Cc1ccc(-c2ncccc2Cl)nc1N. The maximum atomic E-state index is 8.72. The molecule has 2 aromatic heterocycles. The maximum absolute atomic E-state index is 8.72. The van der Waals surface area contributed by atoms with E-state index >= 15 is 0 Å². The molecule has 0 aliphatic carbocycles. The molecule has 0 aliphatic heterocycles. The first-order valence-electron chi connectivity index (χ1n) is 4.50. The zero-order valence-electron chi connectivity index (χ0n) is 8.18. The Morgan fingerprint density at radius 3 is 2.75 bits per heavy atom. The molecule has 0 aliphatic rings. The number of pyridine rings is 2. The van der Waals surface area contributed by atoms with Crippen molar-refractivity contribution < 1.29 is 0 Å². The van der Waals surface area contributed by atoms with Gasteiger partial charge in [0.25, 0.3) is 0 Å². The van der Waals surface area contributed by atoms with Crippen molar-refractivity contribution >= 4 is 17.4 Å². The van der Waals surface area contributed by atoms with Crippen LogP contribution in [-0.4, -0.2) is 9.97 Å². The van der Waals surface area contributed by atoms with Crippen LogP contribution in [0.3, 0.4) is 0 Å². The molecule has 16 heavy (non-hydrogen) atoms. The van der Waals surface area contributed by atoms with Gasteiger partial charge in [-0.15, -0.1) is 0 Å². The standard InChI is InChI=1S/C11H7ClN4/c12-8-2-1-5-15-10(8)9-4-3-7(6-13)11(14)16-9/h1-5H,(H2,14,16). The number of anilines is 1. The number of nitrogen functional groups attached to an aromatic ring is 1. The number of nitrogens with two attached hydrogens (primary N) is 1. The molecule has 0 radical (unpaired) electrons. The van der Waals surface area contributed by atoms with Gasteiger partial charge in [-0.1, -0.05) is 11.6 Å². The lowest BCUT2D eigenvalue weighted by Gasteiger charge is -2.03. The van der Waals surface area contributed by atoms with Gasteiger partial charge in [-0.05, 0) is 24.3 Å². The normalized spacial score (nSPS) is 9.75. The molecule has 2 rings (SSSR count). The average Bonchev–Trinajstić information content (AvgIpc) is 2.29. The van der Waals surface area contributed by atoms with Crippen LogP contribution in [0.1, 0.15) is 5.56 Å². The predicted molar refractivity (Wildman–Crippen MR) is 61.6 cm³/mol. The zero-order chi connectivity index (χ0) is 11.5. The molecule has 2 heterocycles. The molecule has 5 heteroatoms. The molecule has 0 spiro atoms. The van der Waals surface area contributed by atoms with Gasteiger partial charge in [0, 0.05) is 6.20 Å². The van der Waals surface area contributed by atoms with Crippen LogP contribution in [-0.2, 0) is 0 Å². The third-order valence-electron chi connectivity index (χ3n) is 2.05. The monoisotopic (exact) mass is 230 g/mol. The molecule has 0 saturated heterocycles. The second kappa shape index (κ2) is 4.17. The lowest BCUT2D eigenvalue weighted by atomic mass is 10.2. The molecule has 0 saturated carbocycles. The van der Waals surface area contributed by atoms with Gasteiger partial charge in [-0.3, -0.25) is 4.98 Å². The summed E-state index contributed by atoms with van der Waals surface area (Å²) in [6, 6.07) is 8.67. The summed E-state index contributed by atoms with van der Waals surface area (Å²) >= 11 is 5.98. The smallest absolute Gasteiger partial charge is 0.142 e. The molecule has 0 aromatic carbocycles. The third kappa shape index (κ3) is 1.81. The van der Waals surface area contributed by atoms with Gasteiger partial charge >= 0.3 is 0 Å². The predicted octanol–water partition coefficient (Wildman–Crippen LogP) is 2.25. The van der Waals surface area contributed by atoms with Gasteiger partial charge < -0.3 is 5.73 Å². The van der Waals surface area contributed by atoms with Crippen molar-refractivity contribution in [1.82, 2.24) is 9.97 Å². The van der Waals surface area contributed by atoms with Crippen LogP contribution >= 0.6 is 11.6 Å². The van der Waals surface area contributed by atoms with Crippen LogP contribution in [0.5, 0.6) is 0 Å². The fourth-order valence-corrected chi connectivity index (χ4v) is 1.49. The number of nitrogens with zero attached hydrogens (tertiary/aromatic N) is 3. The van der Waals surface area contributed by atoms with Gasteiger partial charge in [0.1, 0.15) is 17.6 Å². The van der Waals surface area contributed by atoms with E-state index in [4.69, 9.17) is 22.6 Å². The average molecular weight is 231 g/mol. The first-order valence-corrected chi connectivity index (χ1v) is 4.87.